The maximum absolute atomic E-state index is 11.3. The summed E-state index contributed by atoms with van der Waals surface area (Å²) in [5, 5.41) is 12.5. The van der Waals surface area contributed by atoms with Crippen LogP contribution in [0, 0.1) is 5.92 Å². The molecule has 4 heteroatoms. The van der Waals surface area contributed by atoms with Crippen molar-refractivity contribution in [1.29, 1.82) is 0 Å². The first-order valence-corrected chi connectivity index (χ1v) is 7.55. The maximum Gasteiger partial charge on any atom is 0.320 e. The third kappa shape index (κ3) is 6.17. The van der Waals surface area contributed by atoms with Gasteiger partial charge in [0, 0.05) is 6.04 Å². The Labute approximate surface area is 127 Å². The molecule has 0 aliphatic heterocycles. The Bertz CT molecular complexity index is 440. The molecule has 0 radical (unpaired) electrons. The quantitative estimate of drug-likeness (QED) is 0.768. The van der Waals surface area contributed by atoms with E-state index in [4.69, 9.17) is 4.74 Å². The Morgan fingerprint density at radius 2 is 1.71 bits per heavy atom. The molecule has 2 N–H and O–H groups in total. The van der Waals surface area contributed by atoms with Crippen LogP contribution >= 0.6 is 0 Å². The molecule has 0 aliphatic rings. The standard InChI is InChI=1S/C17H27NO3/c1-11(2)10-16(17(19)20)18-13(5)14-6-8-15(9-7-14)21-12(3)4/h6-9,11-13,16,18H,10H2,1-5H3,(H,19,20). The number of benzene rings is 1. The second kappa shape index (κ2) is 8.03. The fourth-order valence-electron chi connectivity index (χ4n) is 2.22. The van der Waals surface area contributed by atoms with Crippen LogP contribution < -0.4 is 10.1 Å². The predicted molar refractivity (Wildman–Crippen MR) is 84.6 cm³/mol. The molecule has 0 fully saturated rings. The van der Waals surface area contributed by atoms with Crippen LogP contribution in [0.25, 0.3) is 0 Å². The summed E-state index contributed by atoms with van der Waals surface area (Å²) < 4.78 is 5.61. The van der Waals surface area contributed by atoms with Crippen molar-refractivity contribution in [2.24, 2.45) is 5.92 Å². The van der Waals surface area contributed by atoms with E-state index in [2.05, 4.69) is 5.32 Å². The van der Waals surface area contributed by atoms with E-state index >= 15 is 0 Å². The van der Waals surface area contributed by atoms with Crippen molar-refractivity contribution in [2.75, 3.05) is 0 Å². The van der Waals surface area contributed by atoms with Crippen molar-refractivity contribution in [3.63, 3.8) is 0 Å². The van der Waals surface area contributed by atoms with Gasteiger partial charge in [0.2, 0.25) is 0 Å². The molecular weight excluding hydrogens is 266 g/mol. The Morgan fingerprint density at radius 1 is 1.14 bits per heavy atom. The average Bonchev–Trinajstić information content (AvgIpc) is 2.37. The van der Waals surface area contributed by atoms with Crippen LogP contribution in [0.1, 0.15) is 52.6 Å². The summed E-state index contributed by atoms with van der Waals surface area (Å²) in [7, 11) is 0. The highest BCUT2D eigenvalue weighted by atomic mass is 16.5. The zero-order valence-electron chi connectivity index (χ0n) is 13.6. The van der Waals surface area contributed by atoms with E-state index in [1.165, 1.54) is 0 Å². The normalized spacial score (nSPS) is 14.2. The second-order valence-corrected chi connectivity index (χ2v) is 6.14. The molecule has 4 nitrogen and oxygen atoms in total. The highest BCUT2D eigenvalue weighted by Gasteiger charge is 2.21. The summed E-state index contributed by atoms with van der Waals surface area (Å²) in [6.07, 6.45) is 0.766. The number of hydrogen-bond donors (Lipinski definition) is 2. The molecule has 0 saturated carbocycles. The molecule has 0 saturated heterocycles. The topological polar surface area (TPSA) is 58.6 Å². The summed E-state index contributed by atoms with van der Waals surface area (Å²) in [5.41, 5.74) is 1.06. The molecule has 118 valence electrons. The minimum absolute atomic E-state index is 0.0158. The molecule has 0 heterocycles. The van der Waals surface area contributed by atoms with Gasteiger partial charge in [0.05, 0.1) is 6.10 Å². The fraction of sp³-hybridized carbons (Fsp3) is 0.588. The fourth-order valence-corrected chi connectivity index (χ4v) is 2.22. The predicted octanol–water partition coefficient (Wildman–Crippen LogP) is 3.62. The van der Waals surface area contributed by atoms with E-state index < -0.39 is 12.0 Å². The van der Waals surface area contributed by atoms with Gasteiger partial charge in [-0.05, 0) is 50.8 Å². The van der Waals surface area contributed by atoms with Crippen LogP contribution in [-0.2, 0) is 4.79 Å². The van der Waals surface area contributed by atoms with Gasteiger partial charge in [-0.15, -0.1) is 0 Å². The van der Waals surface area contributed by atoms with E-state index in [1.807, 2.05) is 58.9 Å². The molecule has 0 spiro atoms. The highest BCUT2D eigenvalue weighted by molar-refractivity contribution is 5.73. The minimum Gasteiger partial charge on any atom is -0.491 e. The first-order chi connectivity index (χ1) is 9.79. The molecule has 2 atom stereocenters. The minimum atomic E-state index is -0.796. The van der Waals surface area contributed by atoms with Crippen molar-refractivity contribution in [3.05, 3.63) is 29.8 Å². The van der Waals surface area contributed by atoms with Gasteiger partial charge >= 0.3 is 5.97 Å². The number of nitrogens with one attached hydrogen (secondary N) is 1. The van der Waals surface area contributed by atoms with Gasteiger partial charge < -0.3 is 9.84 Å². The lowest BCUT2D eigenvalue weighted by Gasteiger charge is -2.22. The first-order valence-electron chi connectivity index (χ1n) is 7.55. The van der Waals surface area contributed by atoms with Crippen molar-refractivity contribution in [1.82, 2.24) is 5.32 Å². The van der Waals surface area contributed by atoms with Crippen molar-refractivity contribution in [2.45, 2.75) is 59.2 Å². The third-order valence-electron chi connectivity index (χ3n) is 3.21. The van der Waals surface area contributed by atoms with Crippen molar-refractivity contribution >= 4 is 5.97 Å². The Hall–Kier alpha value is -1.55. The van der Waals surface area contributed by atoms with E-state index in [9.17, 15) is 9.90 Å². The van der Waals surface area contributed by atoms with Gasteiger partial charge in [-0.25, -0.2) is 0 Å². The average molecular weight is 293 g/mol. The Morgan fingerprint density at radius 3 is 2.14 bits per heavy atom. The summed E-state index contributed by atoms with van der Waals surface area (Å²) in [4.78, 5) is 11.3. The molecule has 1 aromatic rings. The molecule has 21 heavy (non-hydrogen) atoms. The zero-order chi connectivity index (χ0) is 16.0. The number of rotatable bonds is 8. The van der Waals surface area contributed by atoms with Gasteiger partial charge in [0.15, 0.2) is 0 Å². The molecule has 1 aromatic carbocycles. The zero-order valence-corrected chi connectivity index (χ0v) is 13.6. The van der Waals surface area contributed by atoms with Crippen molar-refractivity contribution in [3.8, 4) is 5.75 Å². The second-order valence-electron chi connectivity index (χ2n) is 6.14. The van der Waals surface area contributed by atoms with Crippen LogP contribution in [0.15, 0.2) is 24.3 Å². The number of carbonyl (C=O) groups is 1. The molecule has 0 bridgehead atoms. The van der Waals surface area contributed by atoms with Crippen LogP contribution in [0.5, 0.6) is 5.75 Å². The van der Waals surface area contributed by atoms with E-state index in [0.717, 1.165) is 11.3 Å². The van der Waals surface area contributed by atoms with Gasteiger partial charge in [0.25, 0.3) is 0 Å². The summed E-state index contributed by atoms with van der Waals surface area (Å²) >= 11 is 0. The van der Waals surface area contributed by atoms with Crippen LogP contribution in [0.2, 0.25) is 0 Å². The summed E-state index contributed by atoms with van der Waals surface area (Å²) in [6, 6.07) is 7.26. The SMILES string of the molecule is CC(C)CC(NC(C)c1ccc(OC(C)C)cc1)C(=O)O. The molecule has 0 aliphatic carbocycles. The molecule has 2 unspecified atom stereocenters. The monoisotopic (exact) mass is 293 g/mol. The smallest absolute Gasteiger partial charge is 0.320 e. The van der Waals surface area contributed by atoms with E-state index in [1.54, 1.807) is 0 Å². The number of carboxylic acids is 1. The molecular formula is C17H27NO3. The molecule has 0 aromatic heterocycles. The summed E-state index contributed by atoms with van der Waals surface area (Å²) in [6.45, 7) is 10.0. The lowest BCUT2D eigenvalue weighted by molar-refractivity contribution is -0.140. The number of aliphatic carboxylic acids is 1. The van der Waals surface area contributed by atoms with Gasteiger partial charge in [-0.3, -0.25) is 10.1 Å². The van der Waals surface area contributed by atoms with Crippen molar-refractivity contribution < 1.29 is 14.6 Å². The lowest BCUT2D eigenvalue weighted by atomic mass is 10.0. The van der Waals surface area contributed by atoms with Gasteiger partial charge in [0.1, 0.15) is 11.8 Å². The number of hydrogen-bond acceptors (Lipinski definition) is 3. The third-order valence-corrected chi connectivity index (χ3v) is 3.21. The Kier molecular flexibility index (Phi) is 6.69. The molecule has 0 amide bonds. The largest absolute Gasteiger partial charge is 0.491 e. The maximum atomic E-state index is 11.3. The lowest BCUT2D eigenvalue weighted by Crippen LogP contribution is -2.39. The number of ether oxygens (including phenoxy) is 1. The molecule has 1 rings (SSSR count). The van der Waals surface area contributed by atoms with Crippen LogP contribution in [0.3, 0.4) is 0 Å². The summed E-state index contributed by atoms with van der Waals surface area (Å²) in [5.74, 6) is 0.376. The number of carboxylic acid groups (broad SMARTS) is 1. The van der Waals surface area contributed by atoms with Gasteiger partial charge in [-0.1, -0.05) is 26.0 Å². The van der Waals surface area contributed by atoms with E-state index in [-0.39, 0.29) is 12.1 Å². The first kappa shape index (κ1) is 17.5. The van der Waals surface area contributed by atoms with E-state index in [0.29, 0.717) is 12.3 Å². The highest BCUT2D eigenvalue weighted by Crippen LogP contribution is 2.20. The Balaban J connectivity index is 2.69. The van der Waals surface area contributed by atoms with Crippen LogP contribution in [-0.4, -0.2) is 23.2 Å². The van der Waals surface area contributed by atoms with Gasteiger partial charge in [-0.2, -0.15) is 0 Å². The van der Waals surface area contributed by atoms with Crippen LogP contribution in [0.4, 0.5) is 0 Å².